The Bertz CT molecular complexity index is 949. The van der Waals surface area contributed by atoms with Crippen molar-refractivity contribution in [2.24, 2.45) is 5.84 Å². The lowest BCUT2D eigenvalue weighted by Crippen LogP contribution is -2.47. The molecular weight excluding hydrogens is 405 g/mol. The zero-order chi connectivity index (χ0) is 22.3. The highest BCUT2D eigenvalue weighted by Crippen LogP contribution is 2.30. The molecule has 0 aliphatic rings. The lowest BCUT2D eigenvalue weighted by Gasteiger charge is -2.31. The summed E-state index contributed by atoms with van der Waals surface area (Å²) in [5.74, 6) is 6.34. The largest absolute Gasteiger partial charge is 0.416 e. The molecule has 0 aliphatic carbocycles. The van der Waals surface area contributed by atoms with E-state index in [1.807, 2.05) is 36.4 Å². The van der Waals surface area contributed by atoms with E-state index in [0.29, 0.717) is 36.7 Å². The first-order valence-electron chi connectivity index (χ1n) is 9.78. The molecule has 0 amide bonds. The second-order valence-corrected chi connectivity index (χ2v) is 7.03. The molecule has 1 atom stereocenters. The van der Waals surface area contributed by atoms with Crippen LogP contribution in [0.2, 0.25) is 0 Å². The summed E-state index contributed by atoms with van der Waals surface area (Å²) in [5, 5.41) is 4.65. The van der Waals surface area contributed by atoms with Crippen molar-refractivity contribution in [3.05, 3.63) is 90.0 Å². The first-order valence-corrected chi connectivity index (χ1v) is 9.78. The van der Waals surface area contributed by atoms with Gasteiger partial charge in [-0.15, -0.1) is 0 Å². The number of hydrogen-bond acceptors (Lipinski definition) is 5. The number of benzene rings is 3. The number of rotatable bonds is 9. The van der Waals surface area contributed by atoms with Crippen LogP contribution in [0.1, 0.15) is 17.5 Å². The van der Waals surface area contributed by atoms with E-state index < -0.39 is 17.9 Å². The van der Waals surface area contributed by atoms with Gasteiger partial charge in [0.05, 0.1) is 30.2 Å². The third kappa shape index (κ3) is 6.37. The van der Waals surface area contributed by atoms with Crippen molar-refractivity contribution in [2.45, 2.75) is 25.4 Å². The molecule has 0 spiro atoms. The molecule has 0 saturated heterocycles. The molecule has 3 rings (SSSR count). The van der Waals surface area contributed by atoms with Crippen LogP contribution in [0, 0.1) is 0 Å². The monoisotopic (exact) mass is 430 g/mol. The Labute approximate surface area is 179 Å². The fraction of sp³-hybridized carbons (Fsp3) is 0.217. The summed E-state index contributed by atoms with van der Waals surface area (Å²) in [6.07, 6.45) is -4.38. The molecular formula is C23H25F3N4O. The number of nitrogen functional groups attached to an aromatic ring is 1. The van der Waals surface area contributed by atoms with Crippen LogP contribution in [0.15, 0.2) is 78.9 Å². The maximum atomic E-state index is 12.8. The number of alkyl halides is 3. The van der Waals surface area contributed by atoms with Crippen LogP contribution in [0.25, 0.3) is 0 Å². The maximum absolute atomic E-state index is 12.8. The topological polar surface area (TPSA) is 76.5 Å². The van der Waals surface area contributed by atoms with E-state index in [4.69, 9.17) is 16.3 Å². The van der Waals surface area contributed by atoms with Gasteiger partial charge in [0, 0.05) is 12.1 Å². The fourth-order valence-electron chi connectivity index (χ4n) is 3.08. The molecule has 8 heteroatoms. The number of nitrogens with zero attached hydrogens (tertiary/aromatic N) is 1. The van der Waals surface area contributed by atoms with E-state index in [1.54, 1.807) is 18.2 Å². The highest BCUT2D eigenvalue weighted by molar-refractivity contribution is 5.67. The number of halogens is 3. The van der Waals surface area contributed by atoms with Gasteiger partial charge in [0.1, 0.15) is 6.17 Å². The SMILES string of the molecule is Nc1ccccc1N(N)C(CCOCc1ccccc1)Nc1ccc(C(F)(F)F)cc1. The maximum Gasteiger partial charge on any atom is 0.416 e. The van der Waals surface area contributed by atoms with Gasteiger partial charge < -0.3 is 15.8 Å². The standard InChI is InChI=1S/C23H25F3N4O/c24-23(25,26)18-10-12-19(13-11-18)29-22(30(28)21-9-5-4-8-20(21)27)14-15-31-16-17-6-2-1-3-7-17/h1-13,22,29H,14-16,27-28H2. The molecule has 31 heavy (non-hydrogen) atoms. The summed E-state index contributed by atoms with van der Waals surface area (Å²) in [6, 6.07) is 21.7. The highest BCUT2D eigenvalue weighted by atomic mass is 19.4. The van der Waals surface area contributed by atoms with Gasteiger partial charge >= 0.3 is 6.18 Å². The minimum absolute atomic E-state index is 0.383. The van der Waals surface area contributed by atoms with Crippen LogP contribution in [-0.4, -0.2) is 12.8 Å². The zero-order valence-corrected chi connectivity index (χ0v) is 16.8. The van der Waals surface area contributed by atoms with Gasteiger partial charge in [-0.2, -0.15) is 13.2 Å². The first kappa shape index (κ1) is 22.5. The van der Waals surface area contributed by atoms with Gasteiger partial charge in [0.25, 0.3) is 0 Å². The molecule has 0 bridgehead atoms. The van der Waals surface area contributed by atoms with E-state index in [0.717, 1.165) is 17.7 Å². The normalized spacial score (nSPS) is 12.4. The summed E-state index contributed by atoms with van der Waals surface area (Å²) in [7, 11) is 0. The minimum atomic E-state index is -4.39. The van der Waals surface area contributed by atoms with Crippen molar-refractivity contribution < 1.29 is 17.9 Å². The van der Waals surface area contributed by atoms with Gasteiger partial charge in [-0.3, -0.25) is 5.01 Å². The van der Waals surface area contributed by atoms with Crippen molar-refractivity contribution in [3.8, 4) is 0 Å². The predicted octanol–water partition coefficient (Wildman–Crippen LogP) is 5.01. The Morgan fingerprint density at radius 2 is 1.55 bits per heavy atom. The van der Waals surface area contributed by atoms with Crippen molar-refractivity contribution in [2.75, 3.05) is 22.7 Å². The van der Waals surface area contributed by atoms with Crippen LogP contribution in [0.3, 0.4) is 0 Å². The number of nitrogens with two attached hydrogens (primary N) is 2. The van der Waals surface area contributed by atoms with Gasteiger partial charge in [-0.05, 0) is 42.0 Å². The smallest absolute Gasteiger partial charge is 0.397 e. The Hall–Kier alpha value is -3.23. The van der Waals surface area contributed by atoms with E-state index >= 15 is 0 Å². The molecule has 1 unspecified atom stereocenters. The summed E-state index contributed by atoms with van der Waals surface area (Å²) < 4.78 is 44.3. The molecule has 0 fully saturated rings. The van der Waals surface area contributed by atoms with E-state index in [-0.39, 0.29) is 0 Å². The third-order valence-electron chi connectivity index (χ3n) is 4.74. The Kier molecular flexibility index (Phi) is 7.38. The van der Waals surface area contributed by atoms with Gasteiger partial charge in [0.15, 0.2) is 0 Å². The lowest BCUT2D eigenvalue weighted by molar-refractivity contribution is -0.137. The van der Waals surface area contributed by atoms with Crippen molar-refractivity contribution >= 4 is 17.1 Å². The molecule has 5 nitrogen and oxygen atoms in total. The molecule has 0 saturated carbocycles. The second-order valence-electron chi connectivity index (χ2n) is 7.03. The summed E-state index contributed by atoms with van der Waals surface area (Å²) in [4.78, 5) is 0. The Morgan fingerprint density at radius 1 is 0.903 bits per heavy atom. The van der Waals surface area contributed by atoms with E-state index in [9.17, 15) is 13.2 Å². The summed E-state index contributed by atoms with van der Waals surface area (Å²) in [6.45, 7) is 0.833. The van der Waals surface area contributed by atoms with Gasteiger partial charge in [-0.25, -0.2) is 5.84 Å². The van der Waals surface area contributed by atoms with Crippen molar-refractivity contribution in [1.29, 1.82) is 0 Å². The summed E-state index contributed by atoms with van der Waals surface area (Å²) >= 11 is 0. The first-order chi connectivity index (χ1) is 14.8. The number of ether oxygens (including phenoxy) is 1. The highest BCUT2D eigenvalue weighted by Gasteiger charge is 2.30. The number of hydrogen-bond donors (Lipinski definition) is 3. The zero-order valence-electron chi connectivity index (χ0n) is 16.8. The molecule has 3 aromatic rings. The molecule has 3 aromatic carbocycles. The lowest BCUT2D eigenvalue weighted by atomic mass is 10.2. The van der Waals surface area contributed by atoms with E-state index in [1.165, 1.54) is 17.1 Å². The minimum Gasteiger partial charge on any atom is -0.397 e. The van der Waals surface area contributed by atoms with Crippen molar-refractivity contribution in [3.63, 3.8) is 0 Å². The quantitative estimate of drug-likeness (QED) is 0.146. The second kappa shape index (κ2) is 10.2. The number of para-hydroxylation sites is 2. The van der Waals surface area contributed by atoms with Gasteiger partial charge in [0.2, 0.25) is 0 Å². The summed E-state index contributed by atoms with van der Waals surface area (Å²) in [5.41, 5.74) is 7.99. The van der Waals surface area contributed by atoms with Gasteiger partial charge in [-0.1, -0.05) is 42.5 Å². The number of hydrazine groups is 1. The predicted molar refractivity (Wildman–Crippen MR) is 117 cm³/mol. The number of nitrogens with one attached hydrogen (secondary N) is 1. The molecule has 5 N–H and O–H groups in total. The molecule has 0 aromatic heterocycles. The average Bonchev–Trinajstić information content (AvgIpc) is 2.76. The van der Waals surface area contributed by atoms with Crippen LogP contribution in [-0.2, 0) is 17.5 Å². The molecule has 164 valence electrons. The van der Waals surface area contributed by atoms with Crippen LogP contribution < -0.4 is 21.9 Å². The average molecular weight is 430 g/mol. The third-order valence-corrected chi connectivity index (χ3v) is 4.74. The Morgan fingerprint density at radius 3 is 2.19 bits per heavy atom. The molecule has 0 radical (unpaired) electrons. The Balaban J connectivity index is 1.69. The van der Waals surface area contributed by atoms with Crippen LogP contribution in [0.4, 0.5) is 30.2 Å². The number of anilines is 3. The van der Waals surface area contributed by atoms with Crippen LogP contribution in [0.5, 0.6) is 0 Å². The molecule has 0 aliphatic heterocycles. The fourth-order valence-corrected chi connectivity index (χ4v) is 3.08. The van der Waals surface area contributed by atoms with E-state index in [2.05, 4.69) is 5.32 Å². The van der Waals surface area contributed by atoms with Crippen molar-refractivity contribution in [1.82, 2.24) is 0 Å². The van der Waals surface area contributed by atoms with Crippen LogP contribution >= 0.6 is 0 Å². The molecule has 0 heterocycles.